The summed E-state index contributed by atoms with van der Waals surface area (Å²) in [5.74, 6) is 0. The Labute approximate surface area is 130 Å². The minimum absolute atomic E-state index is 1.22. The maximum absolute atomic E-state index is 3.26. The third-order valence-corrected chi connectivity index (χ3v) is 3.92. The van der Waals surface area contributed by atoms with Crippen LogP contribution in [0.25, 0.3) is 21.0 Å². The van der Waals surface area contributed by atoms with Crippen molar-refractivity contribution >= 4 is 32.3 Å². The van der Waals surface area contributed by atoms with Crippen LogP contribution in [0.4, 0.5) is 0 Å². The fourth-order valence-electron chi connectivity index (χ4n) is 2.12. The van der Waals surface area contributed by atoms with Gasteiger partial charge in [0.15, 0.2) is 0 Å². The zero-order valence-electron chi connectivity index (χ0n) is 12.8. The Morgan fingerprint density at radius 2 is 1.48 bits per heavy atom. The molecular weight excluding hydrogens is 274 g/mol. The van der Waals surface area contributed by atoms with Crippen LogP contribution < -0.4 is 0 Å². The fraction of sp³-hybridized carbons (Fsp3) is 0.158. The van der Waals surface area contributed by atoms with Gasteiger partial charge in [-0.3, -0.25) is 0 Å². The molecule has 4 rings (SSSR count). The van der Waals surface area contributed by atoms with E-state index in [0.717, 1.165) is 0 Å². The highest BCUT2D eigenvalue weighted by Gasteiger charge is 1.92. The lowest BCUT2D eigenvalue weighted by Crippen LogP contribution is -1.65. The van der Waals surface area contributed by atoms with Gasteiger partial charge in [-0.15, -0.1) is 11.3 Å². The van der Waals surface area contributed by atoms with Crippen molar-refractivity contribution in [1.82, 2.24) is 4.98 Å². The van der Waals surface area contributed by atoms with Crippen LogP contribution in [0.5, 0.6) is 0 Å². The van der Waals surface area contributed by atoms with Gasteiger partial charge in [0.1, 0.15) is 0 Å². The summed E-state index contributed by atoms with van der Waals surface area (Å²) in [4.78, 5) is 3.26. The van der Waals surface area contributed by atoms with E-state index in [9.17, 15) is 0 Å². The molecule has 1 N–H and O–H groups in total. The van der Waals surface area contributed by atoms with E-state index in [2.05, 4.69) is 71.9 Å². The van der Waals surface area contributed by atoms with Crippen LogP contribution in [0.3, 0.4) is 0 Å². The number of rotatable bonds is 0. The number of benzene rings is 2. The van der Waals surface area contributed by atoms with Crippen LogP contribution >= 0.6 is 11.3 Å². The SMILES string of the molecule is CC.Cc1cc2ccccc2[nH]1.c1ccc2sccc2c1. The van der Waals surface area contributed by atoms with Gasteiger partial charge in [-0.1, -0.05) is 50.2 Å². The molecule has 0 saturated carbocycles. The summed E-state index contributed by atoms with van der Waals surface area (Å²) in [7, 11) is 0. The van der Waals surface area contributed by atoms with Crippen molar-refractivity contribution in [2.45, 2.75) is 20.8 Å². The van der Waals surface area contributed by atoms with E-state index in [1.165, 1.54) is 26.7 Å². The Hall–Kier alpha value is -2.06. The second kappa shape index (κ2) is 7.65. The first-order valence-electron chi connectivity index (χ1n) is 7.29. The number of aromatic nitrogens is 1. The molecule has 0 amide bonds. The standard InChI is InChI=1S/C9H9N.C8H6S.C2H6/c1-7-6-8-4-2-3-5-9(8)10-7;1-2-4-8-7(3-1)5-6-9-8;1-2/h2-6,10H,1H3;1-6H;1-2H3. The number of hydrogen-bond acceptors (Lipinski definition) is 1. The summed E-state index contributed by atoms with van der Waals surface area (Å²) in [6.07, 6.45) is 0. The van der Waals surface area contributed by atoms with Crippen LogP contribution in [0, 0.1) is 6.92 Å². The third-order valence-electron chi connectivity index (χ3n) is 3.03. The number of para-hydroxylation sites is 1. The van der Waals surface area contributed by atoms with E-state index < -0.39 is 0 Å². The highest BCUT2D eigenvalue weighted by Crippen LogP contribution is 2.18. The van der Waals surface area contributed by atoms with Crippen molar-refractivity contribution in [2.24, 2.45) is 0 Å². The average Bonchev–Trinajstić information content (AvgIpc) is 3.14. The molecule has 4 aromatic rings. The normalized spacial score (nSPS) is 9.67. The lowest BCUT2D eigenvalue weighted by atomic mass is 10.2. The van der Waals surface area contributed by atoms with E-state index in [4.69, 9.17) is 0 Å². The van der Waals surface area contributed by atoms with Crippen LogP contribution in [0.1, 0.15) is 19.5 Å². The predicted molar refractivity (Wildman–Crippen MR) is 96.2 cm³/mol. The van der Waals surface area contributed by atoms with Gasteiger partial charge in [0, 0.05) is 15.9 Å². The lowest BCUT2D eigenvalue weighted by molar-refractivity contribution is 1.30. The molecule has 0 saturated heterocycles. The molecule has 0 unspecified atom stereocenters. The van der Waals surface area contributed by atoms with Gasteiger partial charge in [0.05, 0.1) is 0 Å². The van der Waals surface area contributed by atoms with Crippen molar-refractivity contribution < 1.29 is 0 Å². The van der Waals surface area contributed by atoms with Gasteiger partial charge in [0.2, 0.25) is 0 Å². The molecule has 2 aromatic carbocycles. The first-order valence-corrected chi connectivity index (χ1v) is 8.17. The Morgan fingerprint density at radius 3 is 2.19 bits per heavy atom. The topological polar surface area (TPSA) is 15.8 Å². The molecule has 0 aliphatic carbocycles. The number of fused-ring (bicyclic) bond motifs is 2. The van der Waals surface area contributed by atoms with Gasteiger partial charge in [0.25, 0.3) is 0 Å². The van der Waals surface area contributed by atoms with E-state index in [1.807, 2.05) is 19.9 Å². The molecule has 0 atom stereocenters. The molecule has 1 nitrogen and oxygen atoms in total. The van der Waals surface area contributed by atoms with Crippen molar-refractivity contribution in [3.8, 4) is 0 Å². The predicted octanol–water partition coefficient (Wildman–Crippen LogP) is 6.40. The third kappa shape index (κ3) is 3.96. The lowest BCUT2D eigenvalue weighted by Gasteiger charge is -1.83. The van der Waals surface area contributed by atoms with Crippen LogP contribution in [0.15, 0.2) is 66.0 Å². The average molecular weight is 295 g/mol. The summed E-state index contributed by atoms with van der Waals surface area (Å²) in [6, 6.07) is 21.0. The largest absolute Gasteiger partial charge is 0.359 e. The summed E-state index contributed by atoms with van der Waals surface area (Å²) in [5, 5.41) is 4.76. The Bertz CT molecular complexity index is 732. The summed E-state index contributed by atoms with van der Waals surface area (Å²) < 4.78 is 1.37. The number of H-pyrrole nitrogens is 1. The fourth-order valence-corrected chi connectivity index (χ4v) is 2.92. The zero-order valence-corrected chi connectivity index (χ0v) is 13.6. The maximum Gasteiger partial charge on any atom is 0.0455 e. The van der Waals surface area contributed by atoms with Gasteiger partial charge in [-0.05, 0) is 47.3 Å². The Kier molecular flexibility index (Phi) is 5.59. The van der Waals surface area contributed by atoms with Gasteiger partial charge >= 0.3 is 0 Å². The van der Waals surface area contributed by atoms with E-state index in [0.29, 0.717) is 0 Å². The smallest absolute Gasteiger partial charge is 0.0455 e. The van der Waals surface area contributed by atoms with E-state index in [-0.39, 0.29) is 0 Å². The summed E-state index contributed by atoms with van der Waals surface area (Å²) in [6.45, 7) is 6.07. The molecule has 108 valence electrons. The molecule has 2 heterocycles. The number of aromatic amines is 1. The quantitative estimate of drug-likeness (QED) is 0.386. The van der Waals surface area contributed by atoms with Crippen molar-refractivity contribution in [3.63, 3.8) is 0 Å². The minimum Gasteiger partial charge on any atom is -0.359 e. The molecule has 0 aliphatic heterocycles. The Balaban J connectivity index is 0.000000138. The molecule has 0 bridgehead atoms. The molecule has 21 heavy (non-hydrogen) atoms. The van der Waals surface area contributed by atoms with Gasteiger partial charge < -0.3 is 4.98 Å². The van der Waals surface area contributed by atoms with Gasteiger partial charge in [-0.25, -0.2) is 0 Å². The molecule has 0 fully saturated rings. The molecule has 0 radical (unpaired) electrons. The molecule has 2 heteroatoms. The van der Waals surface area contributed by atoms with E-state index in [1.54, 1.807) is 11.3 Å². The highest BCUT2D eigenvalue weighted by molar-refractivity contribution is 7.17. The molecule has 0 aliphatic rings. The number of thiophene rings is 1. The van der Waals surface area contributed by atoms with E-state index >= 15 is 0 Å². The number of hydrogen-bond donors (Lipinski definition) is 1. The van der Waals surface area contributed by atoms with Crippen LogP contribution in [-0.4, -0.2) is 4.98 Å². The first-order chi connectivity index (χ1) is 10.3. The molecular formula is C19H21NS. The molecule has 0 spiro atoms. The second-order valence-corrected chi connectivity index (χ2v) is 5.45. The van der Waals surface area contributed by atoms with Gasteiger partial charge in [-0.2, -0.15) is 0 Å². The van der Waals surface area contributed by atoms with Crippen LogP contribution in [-0.2, 0) is 0 Å². The minimum atomic E-state index is 1.22. The van der Waals surface area contributed by atoms with Crippen molar-refractivity contribution in [3.05, 3.63) is 71.7 Å². The van der Waals surface area contributed by atoms with Crippen molar-refractivity contribution in [1.29, 1.82) is 0 Å². The Morgan fingerprint density at radius 1 is 0.810 bits per heavy atom. The number of nitrogens with one attached hydrogen (secondary N) is 1. The van der Waals surface area contributed by atoms with Crippen LogP contribution in [0.2, 0.25) is 0 Å². The zero-order chi connectivity index (χ0) is 15.1. The highest BCUT2D eigenvalue weighted by atomic mass is 32.1. The molecule has 2 aromatic heterocycles. The number of aryl methyl sites for hydroxylation is 1. The second-order valence-electron chi connectivity index (χ2n) is 4.50. The summed E-state index contributed by atoms with van der Waals surface area (Å²) >= 11 is 1.79. The summed E-state index contributed by atoms with van der Waals surface area (Å²) in [5.41, 5.74) is 2.45. The first kappa shape index (κ1) is 15.3. The van der Waals surface area contributed by atoms with Crippen molar-refractivity contribution in [2.75, 3.05) is 0 Å². The maximum atomic E-state index is 3.26. The monoisotopic (exact) mass is 295 g/mol.